The van der Waals surface area contributed by atoms with Crippen LogP contribution in [0.2, 0.25) is 0 Å². The molecule has 22 heavy (non-hydrogen) atoms. The molecule has 1 fully saturated rings. The summed E-state index contributed by atoms with van der Waals surface area (Å²) in [5.74, 6) is -0.192. The molecule has 7 heteroatoms. The Balaban J connectivity index is 2.34. The van der Waals surface area contributed by atoms with Crippen LogP contribution in [0.25, 0.3) is 0 Å². The van der Waals surface area contributed by atoms with Crippen LogP contribution in [0.3, 0.4) is 0 Å². The lowest BCUT2D eigenvalue weighted by molar-refractivity contribution is -0.384. The van der Waals surface area contributed by atoms with Crippen LogP contribution in [-0.4, -0.2) is 49.7 Å². The van der Waals surface area contributed by atoms with Crippen LogP contribution in [0.5, 0.6) is 0 Å². The van der Waals surface area contributed by atoms with Crippen molar-refractivity contribution in [3.63, 3.8) is 0 Å². The second-order valence-corrected chi connectivity index (χ2v) is 5.45. The number of nitrogens with zero attached hydrogens (tertiary/aromatic N) is 2. The Kier molecular flexibility index (Phi) is 5.10. The van der Waals surface area contributed by atoms with E-state index in [0.717, 1.165) is 0 Å². The number of anilines is 1. The molecule has 2 rings (SSSR count). The Hall–Kier alpha value is -1.99. The number of nitro benzene ring substituents is 1. The molecule has 7 nitrogen and oxygen atoms in total. The van der Waals surface area contributed by atoms with Gasteiger partial charge in [0, 0.05) is 31.8 Å². The van der Waals surface area contributed by atoms with Crippen LogP contribution in [0.15, 0.2) is 18.2 Å². The molecule has 0 bridgehead atoms. The summed E-state index contributed by atoms with van der Waals surface area (Å²) in [6.45, 7) is 4.81. The predicted octanol–water partition coefficient (Wildman–Crippen LogP) is 2.04. The van der Waals surface area contributed by atoms with E-state index in [9.17, 15) is 14.9 Å². The van der Waals surface area contributed by atoms with Crippen LogP contribution >= 0.6 is 0 Å². The van der Waals surface area contributed by atoms with Crippen LogP contribution in [0.1, 0.15) is 24.2 Å². The molecule has 0 spiro atoms. The first kappa shape index (κ1) is 16.4. The van der Waals surface area contributed by atoms with Crippen molar-refractivity contribution in [2.75, 3.05) is 31.7 Å². The number of ketones is 1. The van der Waals surface area contributed by atoms with Gasteiger partial charge in [-0.05, 0) is 26.0 Å². The molecule has 0 radical (unpaired) electrons. The largest absolute Gasteiger partial charge is 0.382 e. The molecule has 1 saturated heterocycles. The molecule has 0 aromatic heterocycles. The molecule has 0 aliphatic carbocycles. The van der Waals surface area contributed by atoms with E-state index in [2.05, 4.69) is 0 Å². The van der Waals surface area contributed by atoms with Gasteiger partial charge in [-0.3, -0.25) is 14.9 Å². The molecule has 1 heterocycles. The van der Waals surface area contributed by atoms with Crippen LogP contribution in [0.4, 0.5) is 11.4 Å². The predicted molar refractivity (Wildman–Crippen MR) is 81.5 cm³/mol. The standard InChI is InChI=1S/C15H20N2O5/c1-10-7-16(8-13(22-10)9-21-3)14-5-4-12(11(2)18)6-15(14)17(19)20/h4-6,10,13H,7-9H2,1-3H3. The fraction of sp³-hybridized carbons (Fsp3) is 0.533. The second kappa shape index (κ2) is 6.85. The monoisotopic (exact) mass is 308 g/mol. The van der Waals surface area contributed by atoms with Gasteiger partial charge in [-0.2, -0.15) is 0 Å². The van der Waals surface area contributed by atoms with Crippen LogP contribution in [-0.2, 0) is 9.47 Å². The van der Waals surface area contributed by atoms with Crippen molar-refractivity contribution in [1.82, 2.24) is 0 Å². The zero-order chi connectivity index (χ0) is 16.3. The minimum absolute atomic E-state index is 0.0546. The lowest BCUT2D eigenvalue weighted by Crippen LogP contribution is -2.48. The average molecular weight is 308 g/mol. The minimum Gasteiger partial charge on any atom is -0.382 e. The lowest BCUT2D eigenvalue weighted by atomic mass is 10.1. The second-order valence-electron chi connectivity index (χ2n) is 5.45. The Bertz CT molecular complexity index is 575. The molecule has 0 saturated carbocycles. The fourth-order valence-corrected chi connectivity index (χ4v) is 2.68. The van der Waals surface area contributed by atoms with Crippen molar-refractivity contribution in [2.45, 2.75) is 26.1 Å². The maximum Gasteiger partial charge on any atom is 0.293 e. The molecule has 2 atom stereocenters. The number of rotatable bonds is 5. The zero-order valence-electron chi connectivity index (χ0n) is 12.9. The van der Waals surface area contributed by atoms with Gasteiger partial charge < -0.3 is 14.4 Å². The molecule has 0 N–H and O–H groups in total. The lowest BCUT2D eigenvalue weighted by Gasteiger charge is -2.37. The highest BCUT2D eigenvalue weighted by atomic mass is 16.6. The molecule has 2 unspecified atom stereocenters. The van der Waals surface area contributed by atoms with Gasteiger partial charge in [-0.1, -0.05) is 0 Å². The number of methoxy groups -OCH3 is 1. The van der Waals surface area contributed by atoms with Gasteiger partial charge in [0.2, 0.25) is 0 Å². The van der Waals surface area contributed by atoms with Crippen molar-refractivity contribution in [1.29, 1.82) is 0 Å². The van der Waals surface area contributed by atoms with Crippen LogP contribution in [0, 0.1) is 10.1 Å². The van der Waals surface area contributed by atoms with E-state index in [-0.39, 0.29) is 23.7 Å². The van der Waals surface area contributed by atoms with Crippen molar-refractivity contribution in [2.24, 2.45) is 0 Å². The van der Waals surface area contributed by atoms with E-state index < -0.39 is 4.92 Å². The fourth-order valence-electron chi connectivity index (χ4n) is 2.68. The number of carbonyl (C=O) groups excluding carboxylic acids is 1. The highest BCUT2D eigenvalue weighted by Gasteiger charge is 2.29. The summed E-state index contributed by atoms with van der Waals surface area (Å²) in [5.41, 5.74) is 0.786. The minimum atomic E-state index is -0.451. The number of morpholine rings is 1. The van der Waals surface area contributed by atoms with E-state index >= 15 is 0 Å². The SMILES string of the molecule is COCC1CN(c2ccc(C(C)=O)cc2[N+](=O)[O-])CC(C)O1. The zero-order valence-corrected chi connectivity index (χ0v) is 12.9. The average Bonchev–Trinajstić information content (AvgIpc) is 2.46. The van der Waals surface area contributed by atoms with E-state index in [0.29, 0.717) is 30.9 Å². The van der Waals surface area contributed by atoms with E-state index in [1.807, 2.05) is 11.8 Å². The number of carbonyl (C=O) groups is 1. The first-order valence-electron chi connectivity index (χ1n) is 7.11. The quantitative estimate of drug-likeness (QED) is 0.470. The summed E-state index contributed by atoms with van der Waals surface area (Å²) in [6.07, 6.45) is -0.193. The highest BCUT2D eigenvalue weighted by Crippen LogP contribution is 2.31. The third-order valence-corrected chi connectivity index (χ3v) is 3.60. The first-order chi connectivity index (χ1) is 10.4. The van der Waals surface area contributed by atoms with Gasteiger partial charge in [0.25, 0.3) is 5.69 Å². The first-order valence-corrected chi connectivity index (χ1v) is 7.11. The van der Waals surface area contributed by atoms with E-state index in [1.165, 1.54) is 13.0 Å². The Labute approximate surface area is 129 Å². The van der Waals surface area contributed by atoms with Crippen molar-refractivity contribution in [3.05, 3.63) is 33.9 Å². The number of Topliss-reactive ketones (excluding diaryl/α,β-unsaturated/α-hetero) is 1. The molecule has 1 aromatic rings. The normalized spacial score (nSPS) is 21.7. The third-order valence-electron chi connectivity index (χ3n) is 3.60. The third kappa shape index (κ3) is 3.61. The van der Waals surface area contributed by atoms with Gasteiger partial charge in [0.05, 0.1) is 23.7 Å². The Morgan fingerprint density at radius 1 is 1.50 bits per heavy atom. The van der Waals surface area contributed by atoms with Gasteiger partial charge >= 0.3 is 0 Å². The van der Waals surface area contributed by atoms with Gasteiger partial charge in [-0.15, -0.1) is 0 Å². The van der Waals surface area contributed by atoms with E-state index in [4.69, 9.17) is 9.47 Å². The maximum atomic E-state index is 11.4. The molecule has 120 valence electrons. The maximum absolute atomic E-state index is 11.4. The van der Waals surface area contributed by atoms with Gasteiger partial charge in [0.1, 0.15) is 5.69 Å². The number of hydrogen-bond acceptors (Lipinski definition) is 6. The topological polar surface area (TPSA) is 81.9 Å². The summed E-state index contributed by atoms with van der Waals surface area (Å²) in [6, 6.07) is 4.59. The molecule has 0 amide bonds. The molecule has 1 aliphatic heterocycles. The van der Waals surface area contributed by atoms with Gasteiger partial charge in [0.15, 0.2) is 5.78 Å². The Morgan fingerprint density at radius 2 is 2.23 bits per heavy atom. The Morgan fingerprint density at radius 3 is 2.82 bits per heavy atom. The molecular weight excluding hydrogens is 288 g/mol. The summed E-state index contributed by atoms with van der Waals surface area (Å²) < 4.78 is 10.9. The molecule has 1 aromatic carbocycles. The van der Waals surface area contributed by atoms with Crippen molar-refractivity contribution in [3.8, 4) is 0 Å². The summed E-state index contributed by atoms with van der Waals surface area (Å²) in [4.78, 5) is 24.2. The summed E-state index contributed by atoms with van der Waals surface area (Å²) in [7, 11) is 1.59. The molecular formula is C15H20N2O5. The smallest absolute Gasteiger partial charge is 0.293 e. The van der Waals surface area contributed by atoms with Crippen molar-refractivity contribution >= 4 is 17.2 Å². The molecule has 1 aliphatic rings. The van der Waals surface area contributed by atoms with Crippen molar-refractivity contribution < 1.29 is 19.2 Å². The highest BCUT2D eigenvalue weighted by molar-refractivity contribution is 5.95. The van der Waals surface area contributed by atoms with Gasteiger partial charge in [-0.25, -0.2) is 0 Å². The number of benzene rings is 1. The summed E-state index contributed by atoms with van der Waals surface area (Å²) >= 11 is 0. The summed E-state index contributed by atoms with van der Waals surface area (Å²) in [5, 5.41) is 11.3. The number of hydrogen-bond donors (Lipinski definition) is 0. The van der Waals surface area contributed by atoms with Crippen LogP contribution < -0.4 is 4.90 Å². The number of nitro groups is 1. The van der Waals surface area contributed by atoms with E-state index in [1.54, 1.807) is 19.2 Å². The number of ether oxygens (including phenoxy) is 2.